The van der Waals surface area contributed by atoms with Gasteiger partial charge in [-0.2, -0.15) is 0 Å². The van der Waals surface area contributed by atoms with Crippen LogP contribution in [0.15, 0.2) is 18.3 Å². The second-order valence-corrected chi connectivity index (χ2v) is 2.63. The third kappa shape index (κ3) is 2.22. The fraction of sp³-hybridized carbons (Fsp3) is 0.222. The Morgan fingerprint density at radius 3 is 2.27 bits per heavy atom. The van der Waals surface area contributed by atoms with E-state index in [-0.39, 0.29) is 11.3 Å². The lowest BCUT2D eigenvalue weighted by molar-refractivity contribution is -0.906. The number of pyridine rings is 1. The summed E-state index contributed by atoms with van der Waals surface area (Å²) in [5, 5.41) is 9.35. The van der Waals surface area contributed by atoms with Crippen molar-refractivity contribution in [3.8, 4) is 0 Å². The predicted octanol–water partition coefficient (Wildman–Crippen LogP) is -0.215. The van der Waals surface area contributed by atoms with Gasteiger partial charge in [0.1, 0.15) is 5.56 Å². The van der Waals surface area contributed by atoms with Crippen LogP contribution in [0.3, 0.4) is 0 Å². The van der Waals surface area contributed by atoms with Crippen LogP contribution in [0, 0.1) is 0 Å². The van der Waals surface area contributed by atoms with Gasteiger partial charge in [-0.3, -0.25) is 5.21 Å². The molecule has 1 heterocycles. The number of nitrogens with zero attached hydrogens (tertiary/aromatic N) is 1. The third-order valence-corrected chi connectivity index (χ3v) is 1.74. The molecule has 0 aliphatic carbocycles. The zero-order chi connectivity index (χ0) is 11.4. The van der Waals surface area contributed by atoms with E-state index in [1.54, 1.807) is 0 Å². The molecular weight excluding hydrogens is 202 g/mol. The van der Waals surface area contributed by atoms with E-state index >= 15 is 0 Å². The minimum absolute atomic E-state index is 0.0786. The van der Waals surface area contributed by atoms with Crippen molar-refractivity contribution in [1.82, 2.24) is 0 Å². The number of methoxy groups -OCH3 is 2. The van der Waals surface area contributed by atoms with Gasteiger partial charge in [0.25, 0.3) is 0 Å². The Morgan fingerprint density at radius 2 is 1.80 bits per heavy atom. The molecule has 0 bridgehead atoms. The van der Waals surface area contributed by atoms with Crippen LogP contribution < -0.4 is 4.73 Å². The number of hydrogen-bond donors (Lipinski definition) is 1. The van der Waals surface area contributed by atoms with Gasteiger partial charge in [-0.1, -0.05) is 0 Å². The van der Waals surface area contributed by atoms with Crippen LogP contribution in [0.25, 0.3) is 0 Å². The van der Waals surface area contributed by atoms with Crippen molar-refractivity contribution in [2.24, 2.45) is 0 Å². The number of carbonyl (C=O) groups is 2. The van der Waals surface area contributed by atoms with E-state index in [4.69, 9.17) is 0 Å². The highest BCUT2D eigenvalue weighted by Crippen LogP contribution is 2.01. The number of esters is 2. The quantitative estimate of drug-likeness (QED) is 0.417. The highest BCUT2D eigenvalue weighted by atomic mass is 16.5. The molecule has 15 heavy (non-hydrogen) atoms. The summed E-state index contributed by atoms with van der Waals surface area (Å²) in [6.45, 7) is 0. The topological polar surface area (TPSA) is 76.7 Å². The fourth-order valence-corrected chi connectivity index (χ4v) is 0.994. The van der Waals surface area contributed by atoms with Crippen LogP contribution in [-0.2, 0) is 9.47 Å². The lowest BCUT2D eigenvalue weighted by atomic mass is 10.2. The number of carbonyl (C=O) groups excluding carboxylic acids is 2. The Kier molecular flexibility index (Phi) is 3.22. The molecule has 0 spiro atoms. The highest BCUT2D eigenvalue weighted by molar-refractivity contribution is 5.90. The number of ether oxygens (including phenoxy) is 2. The van der Waals surface area contributed by atoms with E-state index < -0.39 is 11.9 Å². The molecule has 0 radical (unpaired) electrons. The molecule has 6 nitrogen and oxygen atoms in total. The molecular formula is C9H10NO5+. The standard InChI is InChI=1S/C9H10NO5/c1-14-8(11)6-3-4-7(9(12)15-2)10(13)5-6/h3-5,13H,1-2H3/q+1. The fourth-order valence-electron chi connectivity index (χ4n) is 0.994. The first-order valence-corrected chi connectivity index (χ1v) is 4.01. The molecule has 1 aromatic heterocycles. The van der Waals surface area contributed by atoms with Crippen LogP contribution >= 0.6 is 0 Å². The van der Waals surface area contributed by atoms with Crippen LogP contribution in [0.1, 0.15) is 20.8 Å². The van der Waals surface area contributed by atoms with Crippen molar-refractivity contribution in [2.75, 3.05) is 14.2 Å². The maximum Gasteiger partial charge on any atom is 0.408 e. The molecule has 0 aromatic carbocycles. The molecule has 0 saturated carbocycles. The second-order valence-electron chi connectivity index (χ2n) is 2.63. The third-order valence-electron chi connectivity index (χ3n) is 1.74. The van der Waals surface area contributed by atoms with Crippen LogP contribution in [0.4, 0.5) is 0 Å². The number of aromatic nitrogens is 1. The van der Waals surface area contributed by atoms with Crippen LogP contribution in [0.5, 0.6) is 0 Å². The first kappa shape index (κ1) is 11.0. The van der Waals surface area contributed by atoms with Crippen molar-refractivity contribution in [3.63, 3.8) is 0 Å². The van der Waals surface area contributed by atoms with Gasteiger partial charge in [0.05, 0.1) is 14.2 Å². The zero-order valence-electron chi connectivity index (χ0n) is 8.26. The average Bonchev–Trinajstić information content (AvgIpc) is 2.26. The van der Waals surface area contributed by atoms with Crippen molar-refractivity contribution < 1.29 is 29.0 Å². The van der Waals surface area contributed by atoms with Crippen LogP contribution in [-0.4, -0.2) is 31.4 Å². The first-order valence-electron chi connectivity index (χ1n) is 4.01. The molecule has 0 unspecified atom stereocenters. The molecule has 1 aromatic rings. The van der Waals surface area contributed by atoms with Crippen molar-refractivity contribution >= 4 is 11.9 Å². The van der Waals surface area contributed by atoms with E-state index in [9.17, 15) is 14.8 Å². The smallest absolute Gasteiger partial charge is 0.408 e. The van der Waals surface area contributed by atoms with Crippen LogP contribution in [0.2, 0.25) is 0 Å². The molecule has 80 valence electrons. The monoisotopic (exact) mass is 212 g/mol. The zero-order valence-corrected chi connectivity index (χ0v) is 8.26. The van der Waals surface area contributed by atoms with E-state index in [2.05, 4.69) is 9.47 Å². The van der Waals surface area contributed by atoms with Crippen molar-refractivity contribution in [3.05, 3.63) is 29.6 Å². The second kappa shape index (κ2) is 4.41. The lowest BCUT2D eigenvalue weighted by Gasteiger charge is -1.98. The largest absolute Gasteiger partial charge is 0.465 e. The Labute approximate surface area is 85.6 Å². The molecule has 0 fully saturated rings. The molecule has 0 aliphatic rings. The molecule has 6 heteroatoms. The normalized spacial score (nSPS) is 9.47. The van der Waals surface area contributed by atoms with Gasteiger partial charge in [0.2, 0.25) is 6.20 Å². The molecule has 0 amide bonds. The molecule has 0 saturated heterocycles. The maximum absolute atomic E-state index is 11.1. The first-order chi connectivity index (χ1) is 7.10. The van der Waals surface area contributed by atoms with Crippen molar-refractivity contribution in [2.45, 2.75) is 0 Å². The summed E-state index contributed by atoms with van der Waals surface area (Å²) < 4.78 is 9.36. The summed E-state index contributed by atoms with van der Waals surface area (Å²) in [7, 11) is 2.41. The maximum atomic E-state index is 11.1. The van der Waals surface area contributed by atoms with Gasteiger partial charge in [0.15, 0.2) is 0 Å². The van der Waals surface area contributed by atoms with Gasteiger partial charge in [0, 0.05) is 10.8 Å². The number of hydrogen-bond acceptors (Lipinski definition) is 5. The Balaban J connectivity index is 3.08. The summed E-state index contributed by atoms with van der Waals surface area (Å²) >= 11 is 0. The van der Waals surface area contributed by atoms with E-state index in [1.165, 1.54) is 26.4 Å². The Morgan fingerprint density at radius 1 is 1.20 bits per heavy atom. The number of rotatable bonds is 2. The minimum Gasteiger partial charge on any atom is -0.465 e. The SMILES string of the molecule is COC(=O)c1ccc(C(=O)OC)[n+](O)c1. The molecule has 1 rings (SSSR count). The summed E-state index contributed by atoms with van der Waals surface area (Å²) in [4.78, 5) is 22.1. The van der Waals surface area contributed by atoms with Crippen molar-refractivity contribution in [1.29, 1.82) is 0 Å². The summed E-state index contributed by atoms with van der Waals surface area (Å²) in [6, 6.07) is 2.61. The Bertz CT molecular complexity index is 401. The van der Waals surface area contributed by atoms with Gasteiger partial charge in [-0.25, -0.2) is 9.59 Å². The lowest BCUT2D eigenvalue weighted by Crippen LogP contribution is -2.38. The van der Waals surface area contributed by atoms with Gasteiger partial charge < -0.3 is 9.47 Å². The average molecular weight is 212 g/mol. The Hall–Kier alpha value is -2.11. The van der Waals surface area contributed by atoms with Gasteiger partial charge >= 0.3 is 17.6 Å². The van der Waals surface area contributed by atoms with E-state index in [0.29, 0.717) is 4.73 Å². The van der Waals surface area contributed by atoms with Gasteiger partial charge in [-0.05, 0) is 6.07 Å². The molecule has 1 N–H and O–H groups in total. The predicted molar refractivity (Wildman–Crippen MR) is 46.5 cm³/mol. The summed E-state index contributed by atoms with van der Waals surface area (Å²) in [5.41, 5.74) is 0.0535. The van der Waals surface area contributed by atoms with Gasteiger partial charge in [-0.15, -0.1) is 0 Å². The molecule has 0 aliphatic heterocycles. The van der Waals surface area contributed by atoms with E-state index in [0.717, 1.165) is 6.20 Å². The molecule has 0 atom stereocenters. The highest BCUT2D eigenvalue weighted by Gasteiger charge is 2.22. The summed E-state index contributed by atoms with van der Waals surface area (Å²) in [6.07, 6.45) is 1.07. The minimum atomic E-state index is -0.700. The summed E-state index contributed by atoms with van der Waals surface area (Å²) in [5.74, 6) is -1.30. The van der Waals surface area contributed by atoms with E-state index in [1.807, 2.05) is 0 Å².